The molecular weight excluding hydrogens is 248 g/mol. The minimum Gasteiger partial charge on any atom is -0.478 e. The van der Waals surface area contributed by atoms with E-state index in [1.807, 2.05) is 25.7 Å². The van der Waals surface area contributed by atoms with E-state index in [0.29, 0.717) is 24.7 Å². The topological polar surface area (TPSA) is 83.7 Å². The third kappa shape index (κ3) is 3.67. The van der Waals surface area contributed by atoms with Gasteiger partial charge in [-0.25, -0.2) is 4.79 Å². The van der Waals surface area contributed by atoms with E-state index in [1.54, 1.807) is 0 Å². The van der Waals surface area contributed by atoms with Crippen molar-refractivity contribution < 1.29 is 14.8 Å². The van der Waals surface area contributed by atoms with E-state index in [-0.39, 0.29) is 11.3 Å². The van der Waals surface area contributed by atoms with Gasteiger partial charge in [-0.15, -0.1) is 0 Å². The van der Waals surface area contributed by atoms with E-state index >= 15 is 0 Å². The molecule has 0 atom stereocenters. The molecule has 0 radical (unpaired) electrons. The van der Waals surface area contributed by atoms with Gasteiger partial charge in [-0.3, -0.25) is 10.1 Å². The summed E-state index contributed by atoms with van der Waals surface area (Å²) in [5, 5.41) is 20.0. The third-order valence-corrected chi connectivity index (χ3v) is 2.73. The lowest BCUT2D eigenvalue weighted by atomic mass is 10.1. The fraction of sp³-hybridized carbons (Fsp3) is 0.462. The number of benzene rings is 1. The van der Waals surface area contributed by atoms with Crippen LogP contribution in [0.15, 0.2) is 18.2 Å². The van der Waals surface area contributed by atoms with Gasteiger partial charge >= 0.3 is 5.97 Å². The first-order valence-electron chi connectivity index (χ1n) is 6.13. The SMILES string of the molecule is CCN(CC(C)C)c1cc([N+](=O)[O-])ccc1C(=O)O. The summed E-state index contributed by atoms with van der Waals surface area (Å²) in [7, 11) is 0. The van der Waals surface area contributed by atoms with Gasteiger partial charge in [-0.2, -0.15) is 0 Å². The average molecular weight is 266 g/mol. The number of nitro groups is 1. The molecule has 0 amide bonds. The first-order valence-corrected chi connectivity index (χ1v) is 6.13. The fourth-order valence-corrected chi connectivity index (χ4v) is 1.91. The van der Waals surface area contributed by atoms with Crippen LogP contribution in [0.2, 0.25) is 0 Å². The summed E-state index contributed by atoms with van der Waals surface area (Å²) in [4.78, 5) is 23.4. The highest BCUT2D eigenvalue weighted by Gasteiger charge is 2.19. The quantitative estimate of drug-likeness (QED) is 0.632. The number of nitrogens with zero attached hydrogens (tertiary/aromatic N) is 2. The molecule has 0 aromatic heterocycles. The van der Waals surface area contributed by atoms with Crippen molar-refractivity contribution in [3.05, 3.63) is 33.9 Å². The molecule has 0 aliphatic heterocycles. The van der Waals surface area contributed by atoms with Crippen LogP contribution in [0.5, 0.6) is 0 Å². The minimum atomic E-state index is -1.08. The Morgan fingerprint density at radius 1 is 1.47 bits per heavy atom. The molecule has 0 fully saturated rings. The maximum Gasteiger partial charge on any atom is 0.337 e. The molecule has 6 nitrogen and oxygen atoms in total. The van der Waals surface area contributed by atoms with Crippen LogP contribution in [-0.2, 0) is 0 Å². The van der Waals surface area contributed by atoms with Gasteiger partial charge in [0.15, 0.2) is 0 Å². The lowest BCUT2D eigenvalue weighted by molar-refractivity contribution is -0.384. The van der Waals surface area contributed by atoms with Crippen LogP contribution in [0, 0.1) is 16.0 Å². The van der Waals surface area contributed by atoms with Crippen molar-refractivity contribution in [2.45, 2.75) is 20.8 Å². The number of nitro benzene ring substituents is 1. The summed E-state index contributed by atoms with van der Waals surface area (Å²) >= 11 is 0. The van der Waals surface area contributed by atoms with Crippen molar-refractivity contribution in [2.24, 2.45) is 5.92 Å². The van der Waals surface area contributed by atoms with Crippen LogP contribution in [0.25, 0.3) is 0 Å². The van der Waals surface area contributed by atoms with Crippen LogP contribution >= 0.6 is 0 Å². The number of aromatic carboxylic acids is 1. The Hall–Kier alpha value is -2.11. The molecule has 104 valence electrons. The molecule has 0 unspecified atom stereocenters. The van der Waals surface area contributed by atoms with Gasteiger partial charge in [0.1, 0.15) is 0 Å². The van der Waals surface area contributed by atoms with Crippen LogP contribution in [0.1, 0.15) is 31.1 Å². The van der Waals surface area contributed by atoms with Gasteiger partial charge in [0.25, 0.3) is 5.69 Å². The molecule has 1 N–H and O–H groups in total. The molecule has 19 heavy (non-hydrogen) atoms. The Kier molecular flexibility index (Phi) is 4.86. The first-order chi connectivity index (χ1) is 8.86. The Morgan fingerprint density at radius 2 is 2.11 bits per heavy atom. The highest BCUT2D eigenvalue weighted by molar-refractivity contribution is 5.95. The average Bonchev–Trinajstić information content (AvgIpc) is 2.34. The van der Waals surface area contributed by atoms with Gasteiger partial charge < -0.3 is 10.0 Å². The predicted octanol–water partition coefficient (Wildman–Crippen LogP) is 2.78. The Bertz CT molecular complexity index is 486. The second-order valence-electron chi connectivity index (χ2n) is 4.70. The molecular formula is C13H18N2O4. The van der Waals surface area contributed by atoms with Crippen LogP contribution in [0.3, 0.4) is 0 Å². The molecule has 1 rings (SSSR count). The number of carboxylic acid groups (broad SMARTS) is 1. The molecule has 0 saturated heterocycles. The standard InChI is InChI=1S/C13H18N2O4/c1-4-14(8-9(2)3)12-7-10(15(18)19)5-6-11(12)13(16)17/h5-7,9H,4,8H2,1-3H3,(H,16,17). The third-order valence-electron chi connectivity index (χ3n) is 2.73. The van der Waals surface area contributed by atoms with Crippen LogP contribution in [-0.4, -0.2) is 29.1 Å². The Labute approximate surface area is 111 Å². The monoisotopic (exact) mass is 266 g/mol. The first kappa shape index (κ1) is 14.9. The molecule has 0 heterocycles. The predicted molar refractivity (Wildman–Crippen MR) is 72.8 cm³/mol. The summed E-state index contributed by atoms with van der Waals surface area (Å²) in [5.74, 6) is -0.743. The summed E-state index contributed by atoms with van der Waals surface area (Å²) in [6.07, 6.45) is 0. The molecule has 0 spiro atoms. The minimum absolute atomic E-state index is 0.0908. The smallest absolute Gasteiger partial charge is 0.337 e. The van der Waals surface area contributed by atoms with Crippen molar-refractivity contribution in [2.75, 3.05) is 18.0 Å². The van der Waals surface area contributed by atoms with Crippen LogP contribution in [0.4, 0.5) is 11.4 Å². The molecule has 0 bridgehead atoms. The van der Waals surface area contributed by atoms with Crippen molar-refractivity contribution in [3.8, 4) is 0 Å². The second kappa shape index (κ2) is 6.17. The normalized spacial score (nSPS) is 10.5. The zero-order chi connectivity index (χ0) is 14.6. The Morgan fingerprint density at radius 3 is 2.53 bits per heavy atom. The van der Waals surface area contributed by atoms with E-state index < -0.39 is 10.9 Å². The summed E-state index contributed by atoms with van der Waals surface area (Å²) < 4.78 is 0. The van der Waals surface area contributed by atoms with Crippen molar-refractivity contribution >= 4 is 17.3 Å². The largest absolute Gasteiger partial charge is 0.478 e. The second-order valence-corrected chi connectivity index (χ2v) is 4.70. The number of rotatable bonds is 6. The zero-order valence-corrected chi connectivity index (χ0v) is 11.3. The van der Waals surface area contributed by atoms with E-state index in [4.69, 9.17) is 0 Å². The van der Waals surface area contributed by atoms with Crippen LogP contribution < -0.4 is 4.90 Å². The molecule has 0 saturated carbocycles. The van der Waals surface area contributed by atoms with Crippen molar-refractivity contribution in [1.82, 2.24) is 0 Å². The number of carbonyl (C=O) groups is 1. The molecule has 6 heteroatoms. The fourth-order valence-electron chi connectivity index (χ4n) is 1.91. The van der Waals surface area contributed by atoms with Gasteiger partial charge in [-0.1, -0.05) is 13.8 Å². The highest BCUT2D eigenvalue weighted by Crippen LogP contribution is 2.27. The lowest BCUT2D eigenvalue weighted by Gasteiger charge is -2.26. The maximum atomic E-state index is 11.2. The van der Waals surface area contributed by atoms with Gasteiger partial charge in [0.2, 0.25) is 0 Å². The number of hydrogen-bond donors (Lipinski definition) is 1. The number of non-ortho nitro benzene ring substituents is 1. The number of anilines is 1. The van der Waals surface area contributed by atoms with E-state index in [0.717, 1.165) is 0 Å². The van der Waals surface area contributed by atoms with Gasteiger partial charge in [0, 0.05) is 25.2 Å². The molecule has 0 aliphatic carbocycles. The molecule has 1 aromatic rings. The molecule has 0 aliphatic rings. The highest BCUT2D eigenvalue weighted by atomic mass is 16.6. The zero-order valence-electron chi connectivity index (χ0n) is 11.3. The maximum absolute atomic E-state index is 11.2. The molecule has 1 aromatic carbocycles. The Balaban J connectivity index is 3.29. The van der Waals surface area contributed by atoms with E-state index in [1.165, 1.54) is 18.2 Å². The lowest BCUT2D eigenvalue weighted by Crippen LogP contribution is -2.28. The summed E-state index contributed by atoms with van der Waals surface area (Å²) in [6, 6.07) is 3.84. The number of hydrogen-bond acceptors (Lipinski definition) is 4. The van der Waals surface area contributed by atoms with E-state index in [9.17, 15) is 20.0 Å². The van der Waals surface area contributed by atoms with Crippen molar-refractivity contribution in [1.29, 1.82) is 0 Å². The number of carboxylic acids is 1. The van der Waals surface area contributed by atoms with Crippen molar-refractivity contribution in [3.63, 3.8) is 0 Å². The summed E-state index contributed by atoms with van der Waals surface area (Å²) in [5.41, 5.74) is 0.396. The van der Waals surface area contributed by atoms with E-state index in [2.05, 4.69) is 0 Å². The van der Waals surface area contributed by atoms with Gasteiger partial charge in [-0.05, 0) is 18.9 Å². The van der Waals surface area contributed by atoms with Gasteiger partial charge in [0.05, 0.1) is 16.2 Å². The summed E-state index contributed by atoms with van der Waals surface area (Å²) in [6.45, 7) is 7.17.